The number of alkyl halides is 2. The van der Waals surface area contributed by atoms with E-state index in [2.05, 4.69) is 4.74 Å². The van der Waals surface area contributed by atoms with Crippen molar-refractivity contribution in [2.24, 2.45) is 5.92 Å². The lowest BCUT2D eigenvalue weighted by atomic mass is 9.89. The van der Waals surface area contributed by atoms with E-state index in [1.165, 1.54) is 18.2 Å². The number of Topliss-reactive ketones (excluding diaryl/α,β-unsaturated/α-hetero) is 1. The minimum atomic E-state index is -3.24. The molecule has 1 saturated carbocycles. The molecule has 37 heavy (non-hydrogen) atoms. The third-order valence-corrected chi connectivity index (χ3v) is 6.45. The number of hydrogen-bond acceptors (Lipinski definition) is 4. The van der Waals surface area contributed by atoms with Gasteiger partial charge in [-0.1, -0.05) is 30.5 Å². The van der Waals surface area contributed by atoms with Crippen LogP contribution >= 0.6 is 11.6 Å². The summed E-state index contributed by atoms with van der Waals surface area (Å²) in [6.07, 6.45) is 2.83. The van der Waals surface area contributed by atoms with Gasteiger partial charge in [0.25, 0.3) is 0 Å². The zero-order valence-electron chi connectivity index (χ0n) is 19.1. The van der Waals surface area contributed by atoms with Crippen LogP contribution in [-0.2, 0) is 11.2 Å². The first-order chi connectivity index (χ1) is 17.5. The average molecular weight is 538 g/mol. The molecule has 194 valence electrons. The van der Waals surface area contributed by atoms with Crippen molar-refractivity contribution in [2.45, 2.75) is 38.2 Å². The SMILES string of the molecule is O=C(O)c1ccc(CC(=O)C(CC2CC2)c2ccc(-c3c(OC(F)F)ccc(Cl)c3F)c[n+]2[O-])cc1F. The molecule has 0 spiro atoms. The second kappa shape index (κ2) is 10.8. The number of ketones is 1. The van der Waals surface area contributed by atoms with Crippen LogP contribution in [0.5, 0.6) is 5.75 Å². The average Bonchev–Trinajstić information content (AvgIpc) is 3.64. The van der Waals surface area contributed by atoms with Gasteiger partial charge in [-0.3, -0.25) is 4.79 Å². The summed E-state index contributed by atoms with van der Waals surface area (Å²) < 4.78 is 59.3. The molecule has 0 aliphatic heterocycles. The molecule has 0 radical (unpaired) electrons. The van der Waals surface area contributed by atoms with Gasteiger partial charge in [-0.2, -0.15) is 13.5 Å². The van der Waals surface area contributed by atoms with E-state index in [4.69, 9.17) is 16.7 Å². The van der Waals surface area contributed by atoms with Crippen molar-refractivity contribution >= 4 is 23.4 Å². The molecule has 4 rings (SSSR count). The van der Waals surface area contributed by atoms with Gasteiger partial charge in [0, 0.05) is 12.5 Å². The highest BCUT2D eigenvalue weighted by atomic mass is 35.5. The molecular formula is C26H20ClF4NO5. The summed E-state index contributed by atoms with van der Waals surface area (Å²) in [5, 5.41) is 21.6. The summed E-state index contributed by atoms with van der Waals surface area (Å²) in [6.45, 7) is -3.24. The highest BCUT2D eigenvalue weighted by Gasteiger charge is 2.35. The van der Waals surface area contributed by atoms with Crippen LogP contribution in [0.3, 0.4) is 0 Å². The first kappa shape index (κ1) is 26.4. The number of carbonyl (C=O) groups is 2. The van der Waals surface area contributed by atoms with Crippen molar-refractivity contribution in [1.82, 2.24) is 0 Å². The fraction of sp³-hybridized carbons (Fsp3) is 0.269. The molecule has 1 atom stereocenters. The number of aromatic nitrogens is 1. The molecule has 0 amide bonds. The number of carbonyl (C=O) groups excluding carboxylic acids is 1. The van der Waals surface area contributed by atoms with Gasteiger partial charge in [0.05, 0.1) is 21.7 Å². The summed E-state index contributed by atoms with van der Waals surface area (Å²) in [6, 6.07) is 8.10. The van der Waals surface area contributed by atoms with Crippen molar-refractivity contribution < 1.29 is 41.7 Å². The van der Waals surface area contributed by atoms with E-state index in [1.807, 2.05) is 0 Å². The van der Waals surface area contributed by atoms with E-state index >= 15 is 0 Å². The Morgan fingerprint density at radius 1 is 1.14 bits per heavy atom. The molecule has 0 saturated heterocycles. The van der Waals surface area contributed by atoms with E-state index in [1.54, 1.807) is 0 Å². The molecule has 3 aromatic rings. The summed E-state index contributed by atoms with van der Waals surface area (Å²) >= 11 is 5.81. The van der Waals surface area contributed by atoms with Crippen LogP contribution in [0.25, 0.3) is 11.1 Å². The molecule has 1 unspecified atom stereocenters. The lowest BCUT2D eigenvalue weighted by molar-refractivity contribution is -0.614. The molecule has 11 heteroatoms. The second-order valence-corrected chi connectivity index (χ2v) is 9.18. The Bertz CT molecular complexity index is 1360. The molecule has 1 N–H and O–H groups in total. The number of hydrogen-bond donors (Lipinski definition) is 1. The molecule has 1 aliphatic carbocycles. The highest BCUT2D eigenvalue weighted by molar-refractivity contribution is 6.31. The quantitative estimate of drug-likeness (QED) is 0.197. The fourth-order valence-electron chi connectivity index (χ4n) is 4.18. The first-order valence-electron chi connectivity index (χ1n) is 11.3. The maximum absolute atomic E-state index is 14.8. The second-order valence-electron chi connectivity index (χ2n) is 8.78. The Labute approximate surface area is 213 Å². The summed E-state index contributed by atoms with van der Waals surface area (Å²) in [7, 11) is 0. The number of pyridine rings is 1. The normalized spacial score (nSPS) is 14.0. The van der Waals surface area contributed by atoms with Crippen LogP contribution in [0, 0.1) is 22.8 Å². The van der Waals surface area contributed by atoms with Crippen LogP contribution in [0.2, 0.25) is 5.02 Å². The van der Waals surface area contributed by atoms with Gasteiger partial charge in [-0.15, -0.1) is 0 Å². The van der Waals surface area contributed by atoms with E-state index < -0.39 is 47.0 Å². The third-order valence-electron chi connectivity index (χ3n) is 6.16. The topological polar surface area (TPSA) is 90.5 Å². The standard InChI is InChI=1S/C26H20ClF4NO5/c27-18-6-8-22(37-26(30)31)23(24(18)29)15-4-7-20(32(36)12-15)17(9-13-1-2-13)21(33)11-14-3-5-16(25(34)35)19(28)10-14/h3-8,10,12-13,17,26H,1-2,9,11H2,(H,34,35). The van der Waals surface area contributed by atoms with Gasteiger partial charge in [-0.05, 0) is 48.2 Å². The molecule has 1 heterocycles. The Morgan fingerprint density at radius 2 is 1.86 bits per heavy atom. The van der Waals surface area contributed by atoms with Crippen molar-refractivity contribution in [3.8, 4) is 16.9 Å². The van der Waals surface area contributed by atoms with E-state index in [-0.39, 0.29) is 40.0 Å². The highest BCUT2D eigenvalue weighted by Crippen LogP contribution is 2.40. The Morgan fingerprint density at radius 3 is 2.46 bits per heavy atom. The van der Waals surface area contributed by atoms with Crippen LogP contribution in [-0.4, -0.2) is 23.5 Å². The van der Waals surface area contributed by atoms with Crippen LogP contribution < -0.4 is 9.47 Å². The number of benzene rings is 2. The Kier molecular flexibility index (Phi) is 7.68. The summed E-state index contributed by atoms with van der Waals surface area (Å²) in [4.78, 5) is 24.3. The third kappa shape index (κ3) is 6.02. The number of rotatable bonds is 10. The smallest absolute Gasteiger partial charge is 0.387 e. The first-order valence-corrected chi connectivity index (χ1v) is 11.6. The minimum absolute atomic E-state index is 0.0574. The molecule has 1 aromatic heterocycles. The van der Waals surface area contributed by atoms with Gasteiger partial charge in [0.15, 0.2) is 17.8 Å². The van der Waals surface area contributed by atoms with E-state index in [0.717, 1.165) is 43.3 Å². The van der Waals surface area contributed by atoms with E-state index in [9.17, 15) is 32.4 Å². The fourth-order valence-corrected chi connectivity index (χ4v) is 4.33. The number of carboxylic acids is 1. The molecule has 2 aromatic carbocycles. The number of halogens is 5. The van der Waals surface area contributed by atoms with Gasteiger partial charge >= 0.3 is 12.6 Å². The van der Waals surface area contributed by atoms with Crippen molar-refractivity contribution in [3.63, 3.8) is 0 Å². The maximum atomic E-state index is 14.8. The number of nitrogens with zero attached hydrogens (tertiary/aromatic N) is 1. The van der Waals surface area contributed by atoms with Crippen LogP contribution in [0.15, 0.2) is 48.7 Å². The molecule has 1 aliphatic rings. The van der Waals surface area contributed by atoms with Crippen molar-refractivity contribution in [1.29, 1.82) is 0 Å². The zero-order chi connectivity index (χ0) is 26.9. The number of ether oxygens (including phenoxy) is 1. The van der Waals surface area contributed by atoms with Gasteiger partial charge in [0.2, 0.25) is 5.69 Å². The lowest BCUT2D eigenvalue weighted by Gasteiger charge is -2.17. The Balaban J connectivity index is 1.66. The van der Waals surface area contributed by atoms with Crippen molar-refractivity contribution in [2.75, 3.05) is 0 Å². The molecule has 6 nitrogen and oxygen atoms in total. The zero-order valence-corrected chi connectivity index (χ0v) is 19.9. The van der Waals surface area contributed by atoms with Gasteiger partial charge in [-0.25, -0.2) is 13.6 Å². The van der Waals surface area contributed by atoms with Gasteiger partial charge in [0.1, 0.15) is 17.5 Å². The lowest BCUT2D eigenvalue weighted by Crippen LogP contribution is -2.36. The molecular weight excluding hydrogens is 518 g/mol. The minimum Gasteiger partial charge on any atom is -0.618 e. The summed E-state index contributed by atoms with van der Waals surface area (Å²) in [5.41, 5.74) is -0.734. The van der Waals surface area contributed by atoms with Crippen molar-refractivity contribution in [3.05, 3.63) is 87.3 Å². The van der Waals surface area contributed by atoms with Crippen LogP contribution in [0.1, 0.15) is 46.8 Å². The van der Waals surface area contributed by atoms with E-state index in [0.29, 0.717) is 11.2 Å². The van der Waals surface area contributed by atoms with Gasteiger partial charge < -0.3 is 15.1 Å². The Hall–Kier alpha value is -3.66. The summed E-state index contributed by atoms with van der Waals surface area (Å²) in [5.74, 6) is -5.02. The largest absolute Gasteiger partial charge is 0.618 e. The molecule has 0 bridgehead atoms. The molecule has 1 fully saturated rings. The predicted molar refractivity (Wildman–Crippen MR) is 125 cm³/mol. The maximum Gasteiger partial charge on any atom is 0.387 e. The number of carboxylic acid groups (broad SMARTS) is 1. The predicted octanol–water partition coefficient (Wildman–Crippen LogP) is 5.91. The van der Waals surface area contributed by atoms with Crippen LogP contribution in [0.4, 0.5) is 17.6 Å². The monoisotopic (exact) mass is 537 g/mol. The number of aromatic carboxylic acids is 1.